The van der Waals surface area contributed by atoms with Crippen LogP contribution in [0.5, 0.6) is 5.75 Å². The second-order valence-corrected chi connectivity index (χ2v) is 5.58. The van der Waals surface area contributed by atoms with E-state index in [0.717, 1.165) is 28.3 Å². The first-order valence-corrected chi connectivity index (χ1v) is 7.73. The topological polar surface area (TPSA) is 49.3 Å². The monoisotopic (exact) mass is 305 g/mol. The fraction of sp³-hybridized carbons (Fsp3) is 0.150. The van der Waals surface area contributed by atoms with Gasteiger partial charge in [-0.1, -0.05) is 54.6 Å². The Morgan fingerprint density at radius 3 is 2.48 bits per heavy atom. The zero-order chi connectivity index (χ0) is 16.1. The first-order chi connectivity index (χ1) is 11.2. The number of amides is 1. The number of hydrogen-bond acceptors (Lipinski definition) is 2. The number of benzene rings is 3. The lowest BCUT2D eigenvalue weighted by molar-refractivity contribution is -0.120. The van der Waals surface area contributed by atoms with Gasteiger partial charge >= 0.3 is 0 Å². The van der Waals surface area contributed by atoms with Crippen LogP contribution in [0.15, 0.2) is 66.7 Å². The second-order valence-electron chi connectivity index (χ2n) is 5.58. The van der Waals surface area contributed by atoms with Crippen molar-refractivity contribution in [2.45, 2.75) is 12.8 Å². The number of fused-ring (bicyclic) bond motifs is 1. The molecule has 0 spiro atoms. The molecule has 3 rings (SSSR count). The zero-order valence-corrected chi connectivity index (χ0v) is 12.8. The fourth-order valence-electron chi connectivity index (χ4n) is 2.69. The molecule has 3 aromatic carbocycles. The maximum Gasteiger partial charge on any atom is 0.224 e. The third kappa shape index (κ3) is 3.89. The lowest BCUT2D eigenvalue weighted by Crippen LogP contribution is -2.27. The molecule has 116 valence electrons. The summed E-state index contributed by atoms with van der Waals surface area (Å²) < 4.78 is 0. The van der Waals surface area contributed by atoms with Gasteiger partial charge in [0, 0.05) is 6.54 Å². The van der Waals surface area contributed by atoms with Crippen molar-refractivity contribution in [2.24, 2.45) is 0 Å². The Labute approximate surface area is 135 Å². The zero-order valence-electron chi connectivity index (χ0n) is 12.8. The van der Waals surface area contributed by atoms with Crippen LogP contribution in [-0.2, 0) is 17.6 Å². The van der Waals surface area contributed by atoms with Gasteiger partial charge in [0.2, 0.25) is 5.91 Å². The standard InChI is InChI=1S/C20H19NO2/c22-18-10-8-15(9-11-18)12-13-21-20(23)14-17-6-3-5-16-4-1-2-7-19(16)17/h1-11,22H,12-14H2,(H,21,23). The molecule has 0 atom stereocenters. The highest BCUT2D eigenvalue weighted by molar-refractivity contribution is 5.90. The molecule has 0 heterocycles. The van der Waals surface area contributed by atoms with Crippen molar-refractivity contribution in [3.8, 4) is 5.75 Å². The van der Waals surface area contributed by atoms with Crippen LogP contribution in [0, 0.1) is 0 Å². The van der Waals surface area contributed by atoms with E-state index in [1.807, 2.05) is 42.5 Å². The maximum atomic E-state index is 12.1. The number of aromatic hydroxyl groups is 1. The van der Waals surface area contributed by atoms with Gasteiger partial charge in [0.1, 0.15) is 5.75 Å². The van der Waals surface area contributed by atoms with Gasteiger partial charge in [0.05, 0.1) is 6.42 Å². The van der Waals surface area contributed by atoms with E-state index < -0.39 is 0 Å². The molecule has 0 saturated heterocycles. The predicted octanol–water partition coefficient (Wildman–Crippen LogP) is 3.45. The number of phenolic OH excluding ortho intramolecular Hbond substituents is 1. The molecule has 1 amide bonds. The molecule has 0 aliphatic rings. The minimum atomic E-state index is 0.0279. The number of phenols is 1. The van der Waals surface area contributed by atoms with Crippen molar-refractivity contribution < 1.29 is 9.90 Å². The number of carbonyl (C=O) groups excluding carboxylic acids is 1. The lowest BCUT2D eigenvalue weighted by Gasteiger charge is -2.08. The largest absolute Gasteiger partial charge is 0.508 e. The van der Waals surface area contributed by atoms with E-state index >= 15 is 0 Å². The summed E-state index contributed by atoms with van der Waals surface area (Å²) in [6.45, 7) is 0.592. The molecule has 2 N–H and O–H groups in total. The molecule has 0 fully saturated rings. The van der Waals surface area contributed by atoms with Crippen LogP contribution in [0.4, 0.5) is 0 Å². The minimum Gasteiger partial charge on any atom is -0.508 e. The summed E-state index contributed by atoms with van der Waals surface area (Å²) in [4.78, 5) is 12.1. The summed E-state index contributed by atoms with van der Waals surface area (Å²) in [5.74, 6) is 0.286. The van der Waals surface area contributed by atoms with Gasteiger partial charge < -0.3 is 10.4 Å². The van der Waals surface area contributed by atoms with E-state index in [2.05, 4.69) is 17.4 Å². The SMILES string of the molecule is O=C(Cc1cccc2ccccc12)NCCc1ccc(O)cc1. The van der Waals surface area contributed by atoms with Crippen molar-refractivity contribution in [1.82, 2.24) is 5.32 Å². The number of carbonyl (C=O) groups is 1. The van der Waals surface area contributed by atoms with Crippen molar-refractivity contribution in [3.63, 3.8) is 0 Å². The average Bonchev–Trinajstić information content (AvgIpc) is 2.57. The Kier molecular flexibility index (Phi) is 4.57. The van der Waals surface area contributed by atoms with Crippen molar-refractivity contribution in [2.75, 3.05) is 6.54 Å². The van der Waals surface area contributed by atoms with E-state index in [-0.39, 0.29) is 11.7 Å². The summed E-state index contributed by atoms with van der Waals surface area (Å²) in [5.41, 5.74) is 2.14. The fourth-order valence-corrected chi connectivity index (χ4v) is 2.69. The third-order valence-corrected chi connectivity index (χ3v) is 3.90. The average molecular weight is 305 g/mol. The molecular weight excluding hydrogens is 286 g/mol. The highest BCUT2D eigenvalue weighted by Gasteiger charge is 2.06. The Bertz CT molecular complexity index is 804. The lowest BCUT2D eigenvalue weighted by atomic mass is 10.0. The molecule has 0 unspecified atom stereocenters. The normalized spacial score (nSPS) is 10.6. The van der Waals surface area contributed by atoms with Gasteiger partial charge in [-0.05, 0) is 40.5 Å². The van der Waals surface area contributed by atoms with Gasteiger partial charge in [-0.15, -0.1) is 0 Å². The van der Waals surface area contributed by atoms with E-state index in [9.17, 15) is 9.90 Å². The summed E-state index contributed by atoms with van der Waals surface area (Å²) in [7, 11) is 0. The Hall–Kier alpha value is -2.81. The highest BCUT2D eigenvalue weighted by atomic mass is 16.3. The van der Waals surface area contributed by atoms with Crippen LogP contribution in [0.1, 0.15) is 11.1 Å². The molecule has 3 aromatic rings. The van der Waals surface area contributed by atoms with Crippen molar-refractivity contribution >= 4 is 16.7 Å². The van der Waals surface area contributed by atoms with Crippen LogP contribution >= 0.6 is 0 Å². The van der Waals surface area contributed by atoms with Crippen LogP contribution in [0.2, 0.25) is 0 Å². The predicted molar refractivity (Wildman–Crippen MR) is 92.5 cm³/mol. The highest BCUT2D eigenvalue weighted by Crippen LogP contribution is 2.18. The Morgan fingerprint density at radius 2 is 1.65 bits per heavy atom. The molecular formula is C20H19NO2. The molecule has 0 aliphatic heterocycles. The van der Waals surface area contributed by atoms with Crippen LogP contribution < -0.4 is 5.32 Å². The molecule has 0 radical (unpaired) electrons. The van der Waals surface area contributed by atoms with E-state index in [1.54, 1.807) is 12.1 Å². The number of nitrogens with one attached hydrogen (secondary N) is 1. The van der Waals surface area contributed by atoms with E-state index in [0.29, 0.717) is 13.0 Å². The van der Waals surface area contributed by atoms with Crippen LogP contribution in [-0.4, -0.2) is 17.6 Å². The van der Waals surface area contributed by atoms with Gasteiger partial charge in [-0.3, -0.25) is 4.79 Å². The van der Waals surface area contributed by atoms with Crippen LogP contribution in [0.3, 0.4) is 0 Å². The molecule has 0 aliphatic carbocycles. The van der Waals surface area contributed by atoms with Crippen molar-refractivity contribution in [3.05, 3.63) is 77.9 Å². The molecule has 3 nitrogen and oxygen atoms in total. The smallest absolute Gasteiger partial charge is 0.224 e. The quantitative estimate of drug-likeness (QED) is 0.758. The first kappa shape index (κ1) is 15.1. The Morgan fingerprint density at radius 1 is 0.913 bits per heavy atom. The summed E-state index contributed by atoms with van der Waals surface area (Å²) in [6.07, 6.45) is 1.14. The maximum absolute atomic E-state index is 12.1. The van der Waals surface area contributed by atoms with Gasteiger partial charge in [0.15, 0.2) is 0 Å². The van der Waals surface area contributed by atoms with Crippen LogP contribution in [0.25, 0.3) is 10.8 Å². The summed E-state index contributed by atoms with van der Waals surface area (Å²) >= 11 is 0. The minimum absolute atomic E-state index is 0.0279. The van der Waals surface area contributed by atoms with Gasteiger partial charge in [0.25, 0.3) is 0 Å². The molecule has 0 saturated carbocycles. The number of hydrogen-bond donors (Lipinski definition) is 2. The van der Waals surface area contributed by atoms with E-state index in [1.165, 1.54) is 0 Å². The Balaban J connectivity index is 1.57. The summed E-state index contributed by atoms with van der Waals surface area (Å²) in [5, 5.41) is 14.5. The molecule has 3 heteroatoms. The van der Waals surface area contributed by atoms with E-state index in [4.69, 9.17) is 0 Å². The van der Waals surface area contributed by atoms with Gasteiger partial charge in [-0.25, -0.2) is 0 Å². The first-order valence-electron chi connectivity index (χ1n) is 7.73. The van der Waals surface area contributed by atoms with Crippen molar-refractivity contribution in [1.29, 1.82) is 0 Å². The molecule has 0 bridgehead atoms. The molecule has 0 aromatic heterocycles. The van der Waals surface area contributed by atoms with Gasteiger partial charge in [-0.2, -0.15) is 0 Å². The second kappa shape index (κ2) is 6.97. The third-order valence-electron chi connectivity index (χ3n) is 3.90. The number of rotatable bonds is 5. The summed E-state index contributed by atoms with van der Waals surface area (Å²) in [6, 6.07) is 21.2. The molecule has 23 heavy (non-hydrogen) atoms.